The molecule has 0 amide bonds. The van der Waals surface area contributed by atoms with Crippen molar-refractivity contribution in [2.75, 3.05) is 0 Å². The van der Waals surface area contributed by atoms with Crippen LogP contribution in [0.3, 0.4) is 0 Å². The van der Waals surface area contributed by atoms with E-state index in [1.54, 1.807) is 36.4 Å². The van der Waals surface area contributed by atoms with Crippen LogP contribution in [0.4, 0.5) is 0 Å². The largest absolute Gasteiger partial charge is 0.310 e. The highest BCUT2D eigenvalue weighted by atomic mass is 35.5. The average molecular weight is 338 g/mol. The second kappa shape index (κ2) is 5.55. The summed E-state index contributed by atoms with van der Waals surface area (Å²) in [5.41, 5.74) is -0.439. The number of Topliss-reactive ketones (excluding diaryl/α,β-unsaturated/α-hetero) is 1. The van der Waals surface area contributed by atoms with Crippen molar-refractivity contribution in [3.63, 3.8) is 0 Å². The lowest BCUT2D eigenvalue weighted by molar-refractivity contribution is 0.0974. The van der Waals surface area contributed by atoms with E-state index >= 15 is 0 Å². The van der Waals surface area contributed by atoms with Crippen LogP contribution in [0.15, 0.2) is 46.0 Å². The summed E-state index contributed by atoms with van der Waals surface area (Å²) < 4.78 is 2.09. The maximum Gasteiger partial charge on any atom is 0.310 e. The van der Waals surface area contributed by atoms with E-state index in [1.165, 1.54) is 0 Å². The topological polar surface area (TPSA) is 56.1 Å². The minimum atomic E-state index is -0.439. The molecule has 0 radical (unpaired) electrons. The molecule has 106 valence electrons. The molecule has 0 aliphatic heterocycles. The molecule has 0 saturated carbocycles. The SMILES string of the molecule is O=C(Cn1c(=O)sc2ccccc2c1=O)c1ccc(Cl)s1. The molecule has 21 heavy (non-hydrogen) atoms. The highest BCUT2D eigenvalue weighted by Gasteiger charge is 2.14. The van der Waals surface area contributed by atoms with E-state index in [0.717, 1.165) is 27.2 Å². The Labute approximate surface area is 131 Å². The van der Waals surface area contributed by atoms with Crippen molar-refractivity contribution in [3.8, 4) is 0 Å². The number of fused-ring (bicyclic) bond motifs is 1. The molecule has 2 heterocycles. The lowest BCUT2D eigenvalue weighted by atomic mass is 10.3. The lowest BCUT2D eigenvalue weighted by Gasteiger charge is -2.03. The molecule has 3 rings (SSSR count). The Morgan fingerprint density at radius 1 is 1.10 bits per heavy atom. The fourth-order valence-corrected chi connectivity index (χ4v) is 3.76. The van der Waals surface area contributed by atoms with Crippen molar-refractivity contribution in [3.05, 3.63) is 65.6 Å². The van der Waals surface area contributed by atoms with Crippen LogP contribution in [-0.2, 0) is 6.54 Å². The van der Waals surface area contributed by atoms with Gasteiger partial charge in [-0.05, 0) is 24.3 Å². The summed E-state index contributed by atoms with van der Waals surface area (Å²) in [7, 11) is 0. The van der Waals surface area contributed by atoms with Crippen LogP contribution in [0.2, 0.25) is 4.34 Å². The monoisotopic (exact) mass is 337 g/mol. The molecular formula is C14H8ClNO3S2. The fourth-order valence-electron chi connectivity index (χ4n) is 1.93. The normalized spacial score (nSPS) is 10.9. The number of hydrogen-bond acceptors (Lipinski definition) is 5. The van der Waals surface area contributed by atoms with Gasteiger partial charge in [-0.25, -0.2) is 0 Å². The number of aromatic nitrogens is 1. The highest BCUT2D eigenvalue weighted by Crippen LogP contribution is 2.22. The van der Waals surface area contributed by atoms with Gasteiger partial charge in [0, 0.05) is 4.70 Å². The van der Waals surface area contributed by atoms with Crippen molar-refractivity contribution in [1.29, 1.82) is 0 Å². The van der Waals surface area contributed by atoms with Crippen LogP contribution in [0, 0.1) is 0 Å². The molecule has 0 aliphatic rings. The Balaban J connectivity index is 2.07. The second-order valence-corrected chi connectivity index (χ2v) is 6.99. The number of nitrogens with zero attached hydrogens (tertiary/aromatic N) is 1. The minimum absolute atomic E-state index is 0.268. The first-order valence-corrected chi connectivity index (χ1v) is 7.98. The predicted molar refractivity (Wildman–Crippen MR) is 86.0 cm³/mol. The fraction of sp³-hybridized carbons (Fsp3) is 0.0714. The van der Waals surface area contributed by atoms with E-state index in [4.69, 9.17) is 11.6 Å². The molecule has 0 saturated heterocycles. The van der Waals surface area contributed by atoms with E-state index in [9.17, 15) is 14.4 Å². The van der Waals surface area contributed by atoms with E-state index in [2.05, 4.69) is 0 Å². The lowest BCUT2D eigenvalue weighted by Crippen LogP contribution is -2.33. The number of halogens is 1. The number of benzene rings is 1. The third-order valence-electron chi connectivity index (χ3n) is 2.93. The van der Waals surface area contributed by atoms with Gasteiger partial charge in [-0.1, -0.05) is 35.1 Å². The molecule has 1 aromatic carbocycles. The van der Waals surface area contributed by atoms with Crippen molar-refractivity contribution >= 4 is 50.1 Å². The highest BCUT2D eigenvalue weighted by molar-refractivity contribution is 7.18. The molecule has 0 unspecified atom stereocenters. The Morgan fingerprint density at radius 3 is 2.57 bits per heavy atom. The van der Waals surface area contributed by atoms with Crippen LogP contribution < -0.4 is 10.4 Å². The van der Waals surface area contributed by atoms with Gasteiger partial charge in [0.25, 0.3) is 5.56 Å². The van der Waals surface area contributed by atoms with Gasteiger partial charge in [-0.15, -0.1) is 11.3 Å². The van der Waals surface area contributed by atoms with Crippen LogP contribution in [0.5, 0.6) is 0 Å². The summed E-state index contributed by atoms with van der Waals surface area (Å²) in [6.45, 7) is -0.268. The van der Waals surface area contributed by atoms with Crippen LogP contribution in [0.1, 0.15) is 9.67 Å². The van der Waals surface area contributed by atoms with Gasteiger partial charge in [0.05, 0.1) is 21.1 Å². The van der Waals surface area contributed by atoms with Crippen molar-refractivity contribution < 1.29 is 4.79 Å². The molecule has 3 aromatic rings. The van der Waals surface area contributed by atoms with Gasteiger partial charge in [0.2, 0.25) is 0 Å². The predicted octanol–water partition coefficient (Wildman–Crippen LogP) is 3.02. The summed E-state index contributed by atoms with van der Waals surface area (Å²) in [6, 6.07) is 10.1. The van der Waals surface area contributed by atoms with Gasteiger partial charge < -0.3 is 0 Å². The molecule has 0 N–H and O–H groups in total. The Morgan fingerprint density at radius 2 is 1.86 bits per heavy atom. The Kier molecular flexibility index (Phi) is 3.75. The van der Waals surface area contributed by atoms with Gasteiger partial charge in [-0.3, -0.25) is 19.0 Å². The van der Waals surface area contributed by atoms with Gasteiger partial charge in [-0.2, -0.15) is 0 Å². The van der Waals surface area contributed by atoms with Crippen LogP contribution in [0.25, 0.3) is 10.1 Å². The minimum Gasteiger partial charge on any atom is -0.291 e. The second-order valence-electron chi connectivity index (χ2n) is 4.28. The maximum atomic E-state index is 12.3. The standard InChI is InChI=1S/C14H8ClNO3S2/c15-12-6-5-11(20-12)9(17)7-16-13(18)8-3-1-2-4-10(8)21-14(16)19/h1-6H,7H2. The Hall–Kier alpha value is -1.76. The summed E-state index contributed by atoms with van der Waals surface area (Å²) in [6.07, 6.45) is 0. The zero-order valence-electron chi connectivity index (χ0n) is 10.5. The third kappa shape index (κ3) is 2.70. The molecule has 0 aliphatic carbocycles. The summed E-state index contributed by atoms with van der Waals surface area (Å²) in [4.78, 5) is 36.5. The molecule has 0 fully saturated rings. The molecular weight excluding hydrogens is 330 g/mol. The maximum absolute atomic E-state index is 12.3. The quantitative estimate of drug-likeness (QED) is 0.690. The van der Waals surface area contributed by atoms with Crippen molar-refractivity contribution in [2.45, 2.75) is 6.54 Å². The number of thiophene rings is 1. The van der Waals surface area contributed by atoms with E-state index in [0.29, 0.717) is 19.3 Å². The summed E-state index contributed by atoms with van der Waals surface area (Å²) >= 11 is 7.88. The van der Waals surface area contributed by atoms with Crippen LogP contribution >= 0.6 is 34.3 Å². The number of carbonyl (C=O) groups excluding carboxylic acids is 1. The molecule has 0 bridgehead atoms. The first kappa shape index (κ1) is 14.2. The molecule has 0 atom stereocenters. The van der Waals surface area contributed by atoms with Crippen LogP contribution in [-0.4, -0.2) is 10.4 Å². The molecule has 2 aromatic heterocycles. The van der Waals surface area contributed by atoms with Crippen molar-refractivity contribution in [1.82, 2.24) is 4.57 Å². The first-order chi connectivity index (χ1) is 10.1. The number of hydrogen-bond donors (Lipinski definition) is 0. The van der Waals surface area contributed by atoms with Crippen molar-refractivity contribution in [2.24, 2.45) is 0 Å². The Bertz CT molecular complexity index is 954. The zero-order valence-corrected chi connectivity index (χ0v) is 12.9. The molecule has 4 nitrogen and oxygen atoms in total. The molecule has 7 heteroatoms. The summed E-state index contributed by atoms with van der Waals surface area (Å²) in [5.74, 6) is -0.298. The van der Waals surface area contributed by atoms with E-state index in [-0.39, 0.29) is 12.3 Å². The van der Waals surface area contributed by atoms with Gasteiger partial charge in [0.15, 0.2) is 5.78 Å². The van der Waals surface area contributed by atoms with E-state index in [1.807, 2.05) is 0 Å². The van der Waals surface area contributed by atoms with E-state index < -0.39 is 10.4 Å². The number of rotatable bonds is 3. The first-order valence-electron chi connectivity index (χ1n) is 5.97. The average Bonchev–Trinajstić information content (AvgIpc) is 2.90. The molecule has 0 spiro atoms. The summed E-state index contributed by atoms with van der Waals surface area (Å²) in [5, 5.41) is 0.444. The third-order valence-corrected chi connectivity index (χ3v) is 5.17. The zero-order chi connectivity index (χ0) is 15.0. The van der Waals surface area contributed by atoms with Gasteiger partial charge >= 0.3 is 4.87 Å². The smallest absolute Gasteiger partial charge is 0.291 e. The number of ketones is 1. The number of carbonyl (C=O) groups is 1. The van der Waals surface area contributed by atoms with Gasteiger partial charge in [0.1, 0.15) is 0 Å².